The lowest BCUT2D eigenvalue weighted by molar-refractivity contribution is 0.103. The van der Waals surface area contributed by atoms with Crippen molar-refractivity contribution < 1.29 is 9.53 Å². The highest BCUT2D eigenvalue weighted by molar-refractivity contribution is 6.09. The summed E-state index contributed by atoms with van der Waals surface area (Å²) in [6.07, 6.45) is 3.77. The van der Waals surface area contributed by atoms with Crippen LogP contribution in [0.1, 0.15) is 45.2 Å². The molecule has 0 fully saturated rings. The van der Waals surface area contributed by atoms with E-state index in [1.807, 2.05) is 49.4 Å². The Morgan fingerprint density at radius 1 is 1.07 bits per heavy atom. The summed E-state index contributed by atoms with van der Waals surface area (Å²) in [7, 11) is 0. The fraction of sp³-hybridized carbons (Fsp3) is 0.174. The van der Waals surface area contributed by atoms with Crippen molar-refractivity contribution in [1.82, 2.24) is 9.97 Å². The standard InChI is InChI=1S/C23H22N2O4/c1-3-18-20(24-23(28)25-22(18)27)21(26)19-10-9-16(13-15(19)2)11-12-29-14-17-7-5-4-6-8-17/h4-13H,3,14H2,1-2H3,(H2,24,25,27,28)/b12-11+. The number of hydrogen-bond donors (Lipinski definition) is 2. The molecule has 0 spiro atoms. The SMILES string of the molecule is CCc1c(C(=O)c2ccc(/C=C/OCc3ccccc3)cc2C)[nH]c(=O)[nH]c1=O. The van der Waals surface area contributed by atoms with Crippen LogP contribution in [0.15, 0.2) is 64.4 Å². The highest BCUT2D eigenvalue weighted by atomic mass is 16.5. The molecule has 3 rings (SSSR count). The summed E-state index contributed by atoms with van der Waals surface area (Å²) in [5.74, 6) is -0.376. The van der Waals surface area contributed by atoms with Gasteiger partial charge in [-0.25, -0.2) is 4.79 Å². The lowest BCUT2D eigenvalue weighted by Gasteiger charge is -2.09. The second-order valence-corrected chi connectivity index (χ2v) is 6.62. The van der Waals surface area contributed by atoms with E-state index in [4.69, 9.17) is 4.74 Å². The molecule has 3 aromatic rings. The number of benzene rings is 2. The molecule has 0 radical (unpaired) electrons. The minimum Gasteiger partial charge on any atom is -0.496 e. The van der Waals surface area contributed by atoms with E-state index in [0.29, 0.717) is 18.6 Å². The molecule has 6 heteroatoms. The Hall–Kier alpha value is -3.67. The molecule has 0 amide bonds. The molecule has 6 nitrogen and oxygen atoms in total. The number of H-pyrrole nitrogens is 2. The highest BCUT2D eigenvalue weighted by Gasteiger charge is 2.18. The number of ketones is 1. The van der Waals surface area contributed by atoms with Crippen molar-refractivity contribution in [1.29, 1.82) is 0 Å². The van der Waals surface area contributed by atoms with Crippen molar-refractivity contribution >= 4 is 11.9 Å². The number of hydrogen-bond acceptors (Lipinski definition) is 4. The maximum Gasteiger partial charge on any atom is 0.326 e. The van der Waals surface area contributed by atoms with Crippen molar-refractivity contribution in [3.63, 3.8) is 0 Å². The quantitative estimate of drug-likeness (QED) is 0.478. The van der Waals surface area contributed by atoms with E-state index in [1.54, 1.807) is 25.3 Å². The second kappa shape index (κ2) is 9.01. The zero-order valence-electron chi connectivity index (χ0n) is 16.3. The Morgan fingerprint density at radius 3 is 2.52 bits per heavy atom. The van der Waals surface area contributed by atoms with E-state index in [2.05, 4.69) is 9.97 Å². The number of aromatic amines is 2. The number of rotatable bonds is 7. The molecule has 0 atom stereocenters. The Balaban J connectivity index is 1.77. The summed E-state index contributed by atoms with van der Waals surface area (Å²) in [6.45, 7) is 4.05. The van der Waals surface area contributed by atoms with Gasteiger partial charge in [-0.2, -0.15) is 0 Å². The van der Waals surface area contributed by atoms with Gasteiger partial charge in [-0.05, 0) is 36.1 Å². The summed E-state index contributed by atoms with van der Waals surface area (Å²) in [5, 5.41) is 0. The highest BCUT2D eigenvalue weighted by Crippen LogP contribution is 2.17. The van der Waals surface area contributed by atoms with Crippen molar-refractivity contribution in [2.45, 2.75) is 26.9 Å². The van der Waals surface area contributed by atoms with Crippen LogP contribution in [-0.4, -0.2) is 15.8 Å². The third kappa shape index (κ3) is 4.79. The number of aromatic nitrogens is 2. The number of aryl methyl sites for hydroxylation is 1. The first kappa shape index (κ1) is 20.1. The minimum absolute atomic E-state index is 0.0406. The smallest absolute Gasteiger partial charge is 0.326 e. The molecule has 0 aliphatic rings. The summed E-state index contributed by atoms with van der Waals surface area (Å²) in [6, 6.07) is 15.2. The van der Waals surface area contributed by atoms with Gasteiger partial charge in [0.25, 0.3) is 5.56 Å². The third-order valence-electron chi connectivity index (χ3n) is 4.57. The number of carbonyl (C=O) groups excluding carboxylic acids is 1. The van der Waals surface area contributed by atoms with Gasteiger partial charge >= 0.3 is 5.69 Å². The Labute approximate surface area is 167 Å². The molecule has 29 heavy (non-hydrogen) atoms. The van der Waals surface area contributed by atoms with Gasteiger partial charge in [-0.3, -0.25) is 14.6 Å². The minimum atomic E-state index is -0.691. The van der Waals surface area contributed by atoms with Gasteiger partial charge in [0.2, 0.25) is 5.78 Å². The largest absolute Gasteiger partial charge is 0.496 e. The fourth-order valence-electron chi connectivity index (χ4n) is 3.07. The maximum absolute atomic E-state index is 12.9. The first-order chi connectivity index (χ1) is 14.0. The number of carbonyl (C=O) groups is 1. The first-order valence-corrected chi connectivity index (χ1v) is 9.32. The van der Waals surface area contributed by atoms with Gasteiger partial charge < -0.3 is 9.72 Å². The third-order valence-corrected chi connectivity index (χ3v) is 4.57. The second-order valence-electron chi connectivity index (χ2n) is 6.62. The van der Waals surface area contributed by atoms with Crippen LogP contribution >= 0.6 is 0 Å². The van der Waals surface area contributed by atoms with Crippen molar-refractivity contribution in [2.75, 3.05) is 0 Å². The van der Waals surface area contributed by atoms with E-state index in [9.17, 15) is 14.4 Å². The monoisotopic (exact) mass is 390 g/mol. The van der Waals surface area contributed by atoms with Crippen LogP contribution in [0.5, 0.6) is 0 Å². The zero-order valence-corrected chi connectivity index (χ0v) is 16.3. The van der Waals surface area contributed by atoms with Gasteiger partial charge in [0, 0.05) is 11.1 Å². The lowest BCUT2D eigenvalue weighted by Crippen LogP contribution is -2.30. The van der Waals surface area contributed by atoms with Crippen LogP contribution < -0.4 is 11.2 Å². The summed E-state index contributed by atoms with van der Waals surface area (Å²) in [4.78, 5) is 41.1. The van der Waals surface area contributed by atoms with Crippen LogP contribution in [0.25, 0.3) is 6.08 Å². The Morgan fingerprint density at radius 2 is 1.83 bits per heavy atom. The fourth-order valence-corrected chi connectivity index (χ4v) is 3.07. The summed E-state index contributed by atoms with van der Waals surface area (Å²) in [5.41, 5.74) is 2.21. The van der Waals surface area contributed by atoms with Gasteiger partial charge in [-0.1, -0.05) is 55.5 Å². The van der Waals surface area contributed by atoms with E-state index in [1.165, 1.54) is 0 Å². The summed E-state index contributed by atoms with van der Waals surface area (Å²) < 4.78 is 5.54. The molecule has 0 saturated heterocycles. The number of nitrogens with one attached hydrogen (secondary N) is 2. The van der Waals surface area contributed by atoms with E-state index < -0.39 is 11.2 Å². The molecule has 0 unspecified atom stereocenters. The van der Waals surface area contributed by atoms with Gasteiger partial charge in [0.1, 0.15) is 6.61 Å². The first-order valence-electron chi connectivity index (χ1n) is 9.32. The van der Waals surface area contributed by atoms with E-state index >= 15 is 0 Å². The molecule has 2 N–H and O–H groups in total. The van der Waals surface area contributed by atoms with Crippen LogP contribution in [-0.2, 0) is 17.8 Å². The topological polar surface area (TPSA) is 92.0 Å². The molecule has 0 bridgehead atoms. The predicted molar refractivity (Wildman–Crippen MR) is 112 cm³/mol. The Bertz CT molecular complexity index is 1160. The molecular weight excluding hydrogens is 368 g/mol. The van der Waals surface area contributed by atoms with Crippen LogP contribution in [0.2, 0.25) is 0 Å². The average Bonchev–Trinajstić information content (AvgIpc) is 2.71. The molecule has 2 aromatic carbocycles. The average molecular weight is 390 g/mol. The summed E-state index contributed by atoms with van der Waals surface area (Å²) >= 11 is 0. The maximum atomic E-state index is 12.9. The lowest BCUT2D eigenvalue weighted by atomic mass is 9.97. The van der Waals surface area contributed by atoms with Gasteiger partial charge in [-0.15, -0.1) is 0 Å². The molecule has 0 aliphatic heterocycles. The van der Waals surface area contributed by atoms with Crippen LogP contribution in [0.3, 0.4) is 0 Å². The van der Waals surface area contributed by atoms with Crippen molar-refractivity contribution in [3.05, 3.63) is 109 Å². The zero-order chi connectivity index (χ0) is 20.8. The molecule has 1 heterocycles. The van der Waals surface area contributed by atoms with E-state index in [0.717, 1.165) is 16.7 Å². The van der Waals surface area contributed by atoms with Crippen LogP contribution in [0.4, 0.5) is 0 Å². The molecular formula is C23H22N2O4. The van der Waals surface area contributed by atoms with Crippen molar-refractivity contribution in [3.8, 4) is 0 Å². The van der Waals surface area contributed by atoms with Gasteiger partial charge in [0.15, 0.2) is 0 Å². The van der Waals surface area contributed by atoms with Crippen molar-refractivity contribution in [2.24, 2.45) is 0 Å². The molecule has 0 aliphatic carbocycles. The molecule has 1 aromatic heterocycles. The molecule has 148 valence electrons. The number of ether oxygens (including phenoxy) is 1. The van der Waals surface area contributed by atoms with E-state index in [-0.39, 0.29) is 17.0 Å². The molecule has 0 saturated carbocycles. The van der Waals surface area contributed by atoms with Gasteiger partial charge in [0.05, 0.1) is 12.0 Å². The Kier molecular flexibility index (Phi) is 6.24. The van der Waals surface area contributed by atoms with Crippen LogP contribution in [0, 0.1) is 6.92 Å². The normalized spacial score (nSPS) is 11.0. The predicted octanol–water partition coefficient (Wildman–Crippen LogP) is 3.35.